The predicted octanol–water partition coefficient (Wildman–Crippen LogP) is 1.99. The first-order valence-corrected chi connectivity index (χ1v) is 4.84. The number of phenols is 2. The van der Waals surface area contributed by atoms with Gasteiger partial charge in [0.1, 0.15) is 0 Å². The summed E-state index contributed by atoms with van der Waals surface area (Å²) in [4.78, 5) is 0. The summed E-state index contributed by atoms with van der Waals surface area (Å²) in [5.74, 6) is 0.346. The van der Waals surface area contributed by atoms with E-state index in [9.17, 15) is 10.2 Å². The van der Waals surface area contributed by atoms with E-state index in [1.54, 1.807) is 6.07 Å². The fourth-order valence-electron chi connectivity index (χ4n) is 2.05. The number of ether oxygens (including phenoxy) is 1. The van der Waals surface area contributed by atoms with Crippen LogP contribution in [-0.4, -0.2) is 17.3 Å². The zero-order valence-electron chi connectivity index (χ0n) is 8.21. The van der Waals surface area contributed by atoms with Crippen molar-refractivity contribution in [1.82, 2.24) is 0 Å². The van der Waals surface area contributed by atoms with Crippen molar-refractivity contribution in [1.29, 1.82) is 0 Å². The molecule has 2 N–H and O–H groups in total. The van der Waals surface area contributed by atoms with Crippen LogP contribution in [0, 0.1) is 0 Å². The fraction of sp³-hybridized carbons (Fsp3) is 0.455. The average Bonchev–Trinajstić information content (AvgIpc) is 2.18. The number of aromatic hydroxyl groups is 2. The number of methoxy groups -OCH3 is 1. The molecular formula is C11H14O3. The molecule has 1 aliphatic carbocycles. The standard InChI is InChI=1S/C11H14O3/c1-14-11-9(12)6-7-4-2-3-5-8(7)10(11)13/h6,12-13H,2-5H2,1H3. The molecule has 1 aliphatic rings. The molecule has 0 atom stereocenters. The number of fused-ring (bicyclic) bond motifs is 1. The molecule has 2 rings (SSSR count). The highest BCUT2D eigenvalue weighted by Gasteiger charge is 2.19. The van der Waals surface area contributed by atoms with Gasteiger partial charge in [0, 0.05) is 5.56 Å². The molecule has 0 heterocycles. The molecular weight excluding hydrogens is 180 g/mol. The molecule has 0 radical (unpaired) electrons. The number of hydrogen-bond donors (Lipinski definition) is 2. The summed E-state index contributed by atoms with van der Waals surface area (Å²) in [5, 5.41) is 19.4. The highest BCUT2D eigenvalue weighted by Crippen LogP contribution is 2.42. The third-order valence-corrected chi connectivity index (χ3v) is 2.76. The Morgan fingerprint density at radius 3 is 2.64 bits per heavy atom. The Kier molecular flexibility index (Phi) is 2.23. The van der Waals surface area contributed by atoms with E-state index in [4.69, 9.17) is 4.74 Å². The Bertz CT molecular complexity index is 358. The van der Waals surface area contributed by atoms with Gasteiger partial charge in [0.15, 0.2) is 11.5 Å². The molecule has 0 fully saturated rings. The maximum Gasteiger partial charge on any atom is 0.203 e. The molecule has 0 unspecified atom stereocenters. The largest absolute Gasteiger partial charge is 0.504 e. The Morgan fingerprint density at radius 2 is 1.93 bits per heavy atom. The van der Waals surface area contributed by atoms with E-state index < -0.39 is 0 Å². The van der Waals surface area contributed by atoms with E-state index in [-0.39, 0.29) is 17.2 Å². The van der Waals surface area contributed by atoms with Crippen LogP contribution in [0.3, 0.4) is 0 Å². The Balaban J connectivity index is 2.57. The van der Waals surface area contributed by atoms with Crippen LogP contribution in [0.1, 0.15) is 24.0 Å². The lowest BCUT2D eigenvalue weighted by atomic mass is 9.90. The third kappa shape index (κ3) is 1.29. The minimum atomic E-state index is 0.0330. The van der Waals surface area contributed by atoms with Gasteiger partial charge >= 0.3 is 0 Å². The first-order valence-electron chi connectivity index (χ1n) is 4.84. The molecule has 0 saturated heterocycles. The Hall–Kier alpha value is -1.38. The van der Waals surface area contributed by atoms with Gasteiger partial charge < -0.3 is 14.9 Å². The van der Waals surface area contributed by atoms with Gasteiger partial charge in [0.25, 0.3) is 0 Å². The van der Waals surface area contributed by atoms with Gasteiger partial charge in [0.05, 0.1) is 7.11 Å². The lowest BCUT2D eigenvalue weighted by Crippen LogP contribution is -2.03. The topological polar surface area (TPSA) is 49.7 Å². The minimum absolute atomic E-state index is 0.0330. The Labute approximate surface area is 83.0 Å². The van der Waals surface area contributed by atoms with E-state index in [0.29, 0.717) is 0 Å². The minimum Gasteiger partial charge on any atom is -0.504 e. The van der Waals surface area contributed by atoms with Gasteiger partial charge in [-0.05, 0) is 37.3 Å². The van der Waals surface area contributed by atoms with Gasteiger partial charge in [-0.3, -0.25) is 0 Å². The molecule has 0 aliphatic heterocycles. The third-order valence-electron chi connectivity index (χ3n) is 2.76. The zero-order chi connectivity index (χ0) is 10.1. The van der Waals surface area contributed by atoms with Crippen molar-refractivity contribution in [2.75, 3.05) is 7.11 Å². The summed E-state index contributed by atoms with van der Waals surface area (Å²) in [5.41, 5.74) is 1.98. The van der Waals surface area contributed by atoms with Crippen LogP contribution < -0.4 is 4.74 Å². The van der Waals surface area contributed by atoms with Crippen LogP contribution in [0.25, 0.3) is 0 Å². The maximum atomic E-state index is 9.83. The van der Waals surface area contributed by atoms with Crippen molar-refractivity contribution in [2.24, 2.45) is 0 Å². The van der Waals surface area contributed by atoms with Crippen LogP contribution in [0.2, 0.25) is 0 Å². The highest BCUT2D eigenvalue weighted by molar-refractivity contribution is 5.58. The molecule has 0 spiro atoms. The monoisotopic (exact) mass is 194 g/mol. The average molecular weight is 194 g/mol. The summed E-state index contributed by atoms with van der Waals surface area (Å²) >= 11 is 0. The van der Waals surface area contributed by atoms with Crippen molar-refractivity contribution in [3.05, 3.63) is 17.2 Å². The van der Waals surface area contributed by atoms with E-state index >= 15 is 0 Å². The molecule has 3 heteroatoms. The van der Waals surface area contributed by atoms with Crippen LogP contribution in [-0.2, 0) is 12.8 Å². The van der Waals surface area contributed by atoms with Crippen molar-refractivity contribution in [2.45, 2.75) is 25.7 Å². The summed E-state index contributed by atoms with van der Waals surface area (Å²) in [6, 6.07) is 1.70. The normalized spacial score (nSPS) is 14.9. The SMILES string of the molecule is COc1c(O)cc2c(c1O)CCCC2. The predicted molar refractivity (Wildman–Crippen MR) is 53.0 cm³/mol. The lowest BCUT2D eigenvalue weighted by molar-refractivity contribution is 0.340. The second-order valence-electron chi connectivity index (χ2n) is 3.62. The van der Waals surface area contributed by atoms with E-state index in [2.05, 4.69) is 0 Å². The van der Waals surface area contributed by atoms with Gasteiger partial charge in [-0.2, -0.15) is 0 Å². The summed E-state index contributed by atoms with van der Waals surface area (Å²) in [7, 11) is 1.45. The number of benzene rings is 1. The number of aryl methyl sites for hydroxylation is 1. The lowest BCUT2D eigenvalue weighted by Gasteiger charge is -2.19. The molecule has 0 bridgehead atoms. The fourth-order valence-corrected chi connectivity index (χ4v) is 2.05. The van der Waals surface area contributed by atoms with Crippen LogP contribution >= 0.6 is 0 Å². The first-order chi connectivity index (χ1) is 6.74. The quantitative estimate of drug-likeness (QED) is 0.718. The maximum absolute atomic E-state index is 9.83. The smallest absolute Gasteiger partial charge is 0.203 e. The number of phenolic OH excluding ortho intramolecular Hbond substituents is 2. The number of rotatable bonds is 1. The molecule has 0 amide bonds. The molecule has 1 aromatic rings. The van der Waals surface area contributed by atoms with Crippen molar-refractivity contribution in [3.63, 3.8) is 0 Å². The van der Waals surface area contributed by atoms with Gasteiger partial charge in [0.2, 0.25) is 5.75 Å². The van der Waals surface area contributed by atoms with Gasteiger partial charge in [-0.15, -0.1) is 0 Å². The van der Waals surface area contributed by atoms with Crippen LogP contribution in [0.5, 0.6) is 17.2 Å². The molecule has 14 heavy (non-hydrogen) atoms. The van der Waals surface area contributed by atoms with Gasteiger partial charge in [-0.1, -0.05) is 0 Å². The summed E-state index contributed by atoms with van der Waals surface area (Å²) < 4.78 is 4.94. The molecule has 76 valence electrons. The highest BCUT2D eigenvalue weighted by atomic mass is 16.5. The summed E-state index contributed by atoms with van der Waals surface area (Å²) in [6.07, 6.45) is 4.02. The second kappa shape index (κ2) is 3.40. The van der Waals surface area contributed by atoms with Crippen LogP contribution in [0.4, 0.5) is 0 Å². The van der Waals surface area contributed by atoms with E-state index in [0.717, 1.165) is 36.8 Å². The molecule has 0 aromatic heterocycles. The van der Waals surface area contributed by atoms with Crippen LogP contribution in [0.15, 0.2) is 6.07 Å². The number of hydrogen-bond acceptors (Lipinski definition) is 3. The molecule has 0 saturated carbocycles. The molecule has 1 aromatic carbocycles. The van der Waals surface area contributed by atoms with E-state index in [1.807, 2.05) is 0 Å². The second-order valence-corrected chi connectivity index (χ2v) is 3.62. The summed E-state index contributed by atoms with van der Waals surface area (Å²) in [6.45, 7) is 0. The zero-order valence-corrected chi connectivity index (χ0v) is 8.21. The van der Waals surface area contributed by atoms with Gasteiger partial charge in [-0.25, -0.2) is 0 Å². The van der Waals surface area contributed by atoms with E-state index in [1.165, 1.54) is 7.11 Å². The van der Waals surface area contributed by atoms with Crippen molar-refractivity contribution >= 4 is 0 Å². The van der Waals surface area contributed by atoms with Crippen molar-refractivity contribution in [3.8, 4) is 17.2 Å². The molecule has 3 nitrogen and oxygen atoms in total. The first kappa shape index (κ1) is 9.19. The van der Waals surface area contributed by atoms with Crippen molar-refractivity contribution < 1.29 is 14.9 Å². The Morgan fingerprint density at radius 1 is 1.21 bits per heavy atom.